The first-order chi connectivity index (χ1) is 9.65. The monoisotopic (exact) mass is 306 g/mol. The summed E-state index contributed by atoms with van der Waals surface area (Å²) in [5.74, 6) is 0.719. The highest BCUT2D eigenvalue weighted by Gasteiger charge is 2.11. The molecule has 0 aliphatic heterocycles. The molecule has 7 heteroatoms. The highest BCUT2D eigenvalue weighted by atomic mass is 32.2. The fourth-order valence-electron chi connectivity index (χ4n) is 1.90. The van der Waals surface area contributed by atoms with Crippen molar-refractivity contribution in [2.24, 2.45) is 0 Å². The van der Waals surface area contributed by atoms with Crippen LogP contribution in [0.3, 0.4) is 0 Å². The number of aromatic nitrogens is 2. The lowest BCUT2D eigenvalue weighted by Gasteiger charge is -2.07. The lowest BCUT2D eigenvalue weighted by atomic mass is 10.1. The van der Waals surface area contributed by atoms with Crippen LogP contribution in [0.15, 0.2) is 37.3 Å². The molecule has 5 nitrogen and oxygen atoms in total. The topological polar surface area (TPSA) is 76.2 Å². The second-order valence-corrected chi connectivity index (χ2v) is 6.23. The van der Waals surface area contributed by atoms with E-state index < -0.39 is 5.63 Å². The van der Waals surface area contributed by atoms with Gasteiger partial charge in [-0.1, -0.05) is 23.1 Å². The Balaban J connectivity index is 2.06. The summed E-state index contributed by atoms with van der Waals surface area (Å²) >= 11 is 2.97. The zero-order valence-electron chi connectivity index (χ0n) is 10.5. The van der Waals surface area contributed by atoms with Gasteiger partial charge >= 0.3 is 5.63 Å². The number of hydrogen-bond acceptors (Lipinski definition) is 7. The molecule has 3 rings (SSSR count). The summed E-state index contributed by atoms with van der Waals surface area (Å²) in [6, 6.07) is 4.85. The van der Waals surface area contributed by atoms with E-state index in [1.165, 1.54) is 29.2 Å². The van der Waals surface area contributed by atoms with Gasteiger partial charge in [-0.15, -0.1) is 10.2 Å². The number of phenolic OH excluding ortho intramolecular Hbond substituents is 1. The van der Waals surface area contributed by atoms with Gasteiger partial charge in [0.05, 0.1) is 0 Å². The van der Waals surface area contributed by atoms with Gasteiger partial charge in [-0.3, -0.25) is 0 Å². The summed E-state index contributed by atoms with van der Waals surface area (Å²) in [5, 5.41) is 18.3. The minimum Gasteiger partial charge on any atom is -0.508 e. The second-order valence-electron chi connectivity index (χ2n) is 4.17. The lowest BCUT2D eigenvalue weighted by Crippen LogP contribution is -2.00. The Morgan fingerprint density at radius 2 is 2.30 bits per heavy atom. The van der Waals surface area contributed by atoms with E-state index in [2.05, 4.69) is 10.2 Å². The summed E-state index contributed by atoms with van der Waals surface area (Å²) in [4.78, 5) is 11.6. The number of phenols is 1. The third-order valence-electron chi connectivity index (χ3n) is 2.91. The van der Waals surface area contributed by atoms with E-state index in [1.807, 2.05) is 0 Å². The van der Waals surface area contributed by atoms with E-state index in [4.69, 9.17) is 4.42 Å². The molecule has 0 aliphatic rings. The number of thioether (sulfide) groups is 1. The molecule has 0 fully saturated rings. The first kappa shape index (κ1) is 13.1. The molecule has 0 saturated carbocycles. The predicted molar refractivity (Wildman–Crippen MR) is 78.4 cm³/mol. The number of nitrogens with zero attached hydrogens (tertiary/aromatic N) is 2. The molecule has 20 heavy (non-hydrogen) atoms. The first-order valence-electron chi connectivity index (χ1n) is 5.79. The van der Waals surface area contributed by atoms with E-state index in [0.717, 1.165) is 15.3 Å². The highest BCUT2D eigenvalue weighted by molar-refractivity contribution is 8.00. The number of fused-ring (bicyclic) bond motifs is 1. The van der Waals surface area contributed by atoms with Gasteiger partial charge in [0.25, 0.3) is 0 Å². The third-order valence-corrected chi connectivity index (χ3v) is 4.82. The Morgan fingerprint density at radius 3 is 3.05 bits per heavy atom. The minimum absolute atomic E-state index is 0.120. The Bertz CT molecular complexity index is 812. The maximum atomic E-state index is 11.6. The maximum Gasteiger partial charge on any atom is 0.336 e. The van der Waals surface area contributed by atoms with Gasteiger partial charge in [-0.2, -0.15) is 0 Å². The van der Waals surface area contributed by atoms with E-state index in [9.17, 15) is 9.90 Å². The fourth-order valence-corrected chi connectivity index (χ4v) is 3.38. The average molecular weight is 306 g/mol. The van der Waals surface area contributed by atoms with Crippen molar-refractivity contribution in [1.82, 2.24) is 10.2 Å². The van der Waals surface area contributed by atoms with Gasteiger partial charge in [0.1, 0.15) is 16.8 Å². The summed E-state index contributed by atoms with van der Waals surface area (Å²) < 4.78 is 6.05. The molecular weight excluding hydrogens is 296 g/mol. The van der Waals surface area contributed by atoms with Crippen LogP contribution in [0.1, 0.15) is 11.1 Å². The van der Waals surface area contributed by atoms with Crippen molar-refractivity contribution in [3.8, 4) is 5.75 Å². The second kappa shape index (κ2) is 5.26. The molecule has 0 saturated heterocycles. The van der Waals surface area contributed by atoms with Crippen molar-refractivity contribution in [3.05, 3.63) is 45.3 Å². The zero-order chi connectivity index (χ0) is 14.1. The van der Waals surface area contributed by atoms with Crippen LogP contribution in [0.25, 0.3) is 11.0 Å². The Hall–Kier alpha value is -1.86. The summed E-state index contributed by atoms with van der Waals surface area (Å²) in [6.07, 6.45) is 0. The molecule has 0 spiro atoms. The van der Waals surface area contributed by atoms with Gasteiger partial charge in [0, 0.05) is 22.8 Å². The van der Waals surface area contributed by atoms with Crippen molar-refractivity contribution in [2.75, 3.05) is 0 Å². The molecule has 0 bridgehead atoms. The highest BCUT2D eigenvalue weighted by Crippen LogP contribution is 2.31. The average Bonchev–Trinajstić information content (AvgIpc) is 2.94. The number of benzene rings is 1. The van der Waals surface area contributed by atoms with E-state index in [1.54, 1.807) is 24.6 Å². The molecule has 1 N–H and O–H groups in total. The number of aryl methyl sites for hydroxylation is 1. The SMILES string of the molecule is Cc1c(O)ccc2c(CSc3nncs3)cc(=O)oc12. The molecule has 1 aromatic carbocycles. The molecule has 2 aromatic heterocycles. The third kappa shape index (κ3) is 2.41. The molecule has 0 radical (unpaired) electrons. The van der Waals surface area contributed by atoms with Crippen molar-refractivity contribution >= 4 is 34.1 Å². The van der Waals surface area contributed by atoms with E-state index in [-0.39, 0.29) is 5.75 Å². The first-order valence-corrected chi connectivity index (χ1v) is 7.66. The standard InChI is InChI=1S/C13H10N2O3S2/c1-7-10(16)3-2-9-8(4-11(17)18-12(7)9)5-19-13-15-14-6-20-13/h2-4,6,16H,5H2,1H3. The molecule has 3 aromatic rings. The molecule has 0 amide bonds. The lowest BCUT2D eigenvalue weighted by molar-refractivity contribution is 0.468. The molecule has 102 valence electrons. The van der Waals surface area contributed by atoms with Crippen LogP contribution in [0.5, 0.6) is 5.75 Å². The summed E-state index contributed by atoms with van der Waals surface area (Å²) in [7, 11) is 0. The normalized spacial score (nSPS) is 11.1. The minimum atomic E-state index is -0.418. The molecule has 0 unspecified atom stereocenters. The van der Waals surface area contributed by atoms with Crippen molar-refractivity contribution in [3.63, 3.8) is 0 Å². The van der Waals surface area contributed by atoms with Gasteiger partial charge in [-0.05, 0) is 24.6 Å². The zero-order valence-corrected chi connectivity index (χ0v) is 12.1. The molecular formula is C13H10N2O3S2. The van der Waals surface area contributed by atoms with Crippen molar-refractivity contribution in [1.29, 1.82) is 0 Å². The van der Waals surface area contributed by atoms with E-state index in [0.29, 0.717) is 16.9 Å². The van der Waals surface area contributed by atoms with Crippen LogP contribution in [0, 0.1) is 6.92 Å². The summed E-state index contributed by atoms with van der Waals surface area (Å²) in [5.41, 5.74) is 3.12. The predicted octanol–water partition coefficient (Wildman–Crippen LogP) is 2.95. The van der Waals surface area contributed by atoms with Gasteiger partial charge in [0.15, 0.2) is 4.34 Å². The Morgan fingerprint density at radius 1 is 1.45 bits per heavy atom. The Kier molecular flexibility index (Phi) is 3.45. The van der Waals surface area contributed by atoms with Gasteiger partial charge < -0.3 is 9.52 Å². The van der Waals surface area contributed by atoms with Gasteiger partial charge in [0.2, 0.25) is 0 Å². The van der Waals surface area contributed by atoms with Gasteiger partial charge in [-0.25, -0.2) is 4.79 Å². The smallest absolute Gasteiger partial charge is 0.336 e. The quantitative estimate of drug-likeness (QED) is 0.592. The van der Waals surface area contributed by atoms with Crippen LogP contribution in [0.2, 0.25) is 0 Å². The van der Waals surface area contributed by atoms with Crippen LogP contribution >= 0.6 is 23.1 Å². The van der Waals surface area contributed by atoms with Crippen LogP contribution < -0.4 is 5.63 Å². The Labute approximate surface area is 122 Å². The maximum absolute atomic E-state index is 11.6. The van der Waals surface area contributed by atoms with Crippen molar-refractivity contribution < 1.29 is 9.52 Å². The van der Waals surface area contributed by atoms with E-state index >= 15 is 0 Å². The van der Waals surface area contributed by atoms with Crippen LogP contribution in [0.4, 0.5) is 0 Å². The van der Waals surface area contributed by atoms with Crippen molar-refractivity contribution in [2.45, 2.75) is 17.0 Å². The fraction of sp³-hybridized carbons (Fsp3) is 0.154. The number of rotatable bonds is 3. The number of hydrogen-bond donors (Lipinski definition) is 1. The largest absolute Gasteiger partial charge is 0.508 e. The molecule has 2 heterocycles. The molecule has 0 aliphatic carbocycles. The summed E-state index contributed by atoms with van der Waals surface area (Å²) in [6.45, 7) is 1.72. The number of aromatic hydroxyl groups is 1. The van der Waals surface area contributed by atoms with Crippen LogP contribution in [-0.4, -0.2) is 15.3 Å². The molecule has 0 atom stereocenters. The van der Waals surface area contributed by atoms with Crippen LogP contribution in [-0.2, 0) is 5.75 Å².